The first kappa shape index (κ1) is 14.2. The Morgan fingerprint density at radius 3 is 2.59 bits per heavy atom. The zero-order valence-electron chi connectivity index (χ0n) is 11.7. The van der Waals surface area contributed by atoms with Crippen LogP contribution >= 0.6 is 0 Å². The molecule has 2 N–H and O–H groups in total. The second-order valence-corrected chi connectivity index (χ2v) is 5.30. The van der Waals surface area contributed by atoms with Crippen LogP contribution in [0.15, 0.2) is 12.5 Å². The maximum Gasteiger partial charge on any atom is 0.0950 e. The normalized spacial score (nSPS) is 15.2. The van der Waals surface area contributed by atoms with E-state index >= 15 is 0 Å². The molecule has 0 fully saturated rings. The van der Waals surface area contributed by atoms with Gasteiger partial charge in [0.2, 0.25) is 0 Å². The number of unbranched alkanes of at least 4 members (excludes halogenated alkanes) is 1. The van der Waals surface area contributed by atoms with Crippen molar-refractivity contribution in [3.63, 3.8) is 0 Å². The summed E-state index contributed by atoms with van der Waals surface area (Å²) in [6.45, 7) is 9.66. The summed E-state index contributed by atoms with van der Waals surface area (Å²) in [6.07, 6.45) is 7.68. The van der Waals surface area contributed by atoms with Crippen molar-refractivity contribution in [2.24, 2.45) is 11.7 Å². The van der Waals surface area contributed by atoms with Gasteiger partial charge in [-0.25, -0.2) is 4.98 Å². The van der Waals surface area contributed by atoms with Crippen LogP contribution in [0, 0.1) is 5.92 Å². The highest BCUT2D eigenvalue weighted by Gasteiger charge is 2.20. The van der Waals surface area contributed by atoms with Gasteiger partial charge in [0, 0.05) is 30.4 Å². The fraction of sp³-hybridized carbons (Fsp3) is 0.786. The molecular weight excluding hydrogens is 210 g/mol. The van der Waals surface area contributed by atoms with E-state index in [1.165, 1.54) is 25.0 Å². The molecule has 0 aromatic carbocycles. The molecule has 0 bridgehead atoms. The summed E-state index contributed by atoms with van der Waals surface area (Å²) in [5.41, 5.74) is 7.19. The van der Waals surface area contributed by atoms with E-state index in [0.29, 0.717) is 24.4 Å². The Labute approximate surface area is 105 Å². The fourth-order valence-corrected chi connectivity index (χ4v) is 2.34. The largest absolute Gasteiger partial charge is 0.331 e. The third kappa shape index (κ3) is 3.56. The van der Waals surface area contributed by atoms with Crippen LogP contribution in [0.1, 0.15) is 64.6 Å². The van der Waals surface area contributed by atoms with Crippen LogP contribution in [0.4, 0.5) is 0 Å². The number of nitrogens with zero attached hydrogens (tertiary/aromatic N) is 2. The van der Waals surface area contributed by atoms with Gasteiger partial charge >= 0.3 is 0 Å². The highest BCUT2D eigenvalue weighted by Crippen LogP contribution is 2.26. The first-order valence-corrected chi connectivity index (χ1v) is 6.83. The smallest absolute Gasteiger partial charge is 0.0950 e. The molecule has 2 unspecified atom stereocenters. The van der Waals surface area contributed by atoms with Crippen molar-refractivity contribution >= 4 is 0 Å². The molecule has 0 aliphatic heterocycles. The minimum atomic E-state index is 0.418. The van der Waals surface area contributed by atoms with Gasteiger partial charge in [0.05, 0.1) is 6.33 Å². The lowest BCUT2D eigenvalue weighted by molar-refractivity contribution is 0.423. The highest BCUT2D eigenvalue weighted by molar-refractivity contribution is 5.09. The number of nitrogens with two attached hydrogens (primary N) is 1. The number of aromatic nitrogens is 2. The Bertz CT molecular complexity index is 317. The summed E-state index contributed by atoms with van der Waals surface area (Å²) < 4.78 is 2.31. The van der Waals surface area contributed by atoms with Crippen molar-refractivity contribution in [1.82, 2.24) is 9.55 Å². The standard InChI is InChI=1S/C14H27N3/c1-5-6-7-12(4)17-10-16-9-14(17)13(8-15)11(2)3/h9-13H,5-8,15H2,1-4H3. The molecule has 0 saturated carbocycles. The Kier molecular flexibility index (Phi) is 5.69. The van der Waals surface area contributed by atoms with Crippen molar-refractivity contribution in [3.05, 3.63) is 18.2 Å². The van der Waals surface area contributed by atoms with E-state index in [0.717, 1.165) is 0 Å². The van der Waals surface area contributed by atoms with E-state index in [1.807, 2.05) is 12.5 Å². The van der Waals surface area contributed by atoms with Gasteiger partial charge < -0.3 is 10.3 Å². The quantitative estimate of drug-likeness (QED) is 0.790. The van der Waals surface area contributed by atoms with Gasteiger partial charge in [0.1, 0.15) is 0 Å². The lowest BCUT2D eigenvalue weighted by atomic mass is 9.92. The van der Waals surface area contributed by atoms with Crippen molar-refractivity contribution in [3.8, 4) is 0 Å². The zero-order valence-corrected chi connectivity index (χ0v) is 11.7. The van der Waals surface area contributed by atoms with Gasteiger partial charge in [-0.1, -0.05) is 33.6 Å². The fourth-order valence-electron chi connectivity index (χ4n) is 2.34. The highest BCUT2D eigenvalue weighted by atomic mass is 15.1. The van der Waals surface area contributed by atoms with E-state index in [4.69, 9.17) is 5.73 Å². The van der Waals surface area contributed by atoms with Crippen LogP contribution < -0.4 is 5.73 Å². The SMILES string of the molecule is CCCCC(C)n1cncc1C(CN)C(C)C. The topological polar surface area (TPSA) is 43.8 Å². The van der Waals surface area contributed by atoms with E-state index in [1.54, 1.807) is 0 Å². The first-order chi connectivity index (χ1) is 8.11. The summed E-state index contributed by atoms with van der Waals surface area (Å²) in [4.78, 5) is 4.31. The molecule has 1 heterocycles. The van der Waals surface area contributed by atoms with Crippen molar-refractivity contribution in [2.45, 2.75) is 58.9 Å². The van der Waals surface area contributed by atoms with Crippen LogP contribution in [-0.2, 0) is 0 Å². The summed E-state index contributed by atoms with van der Waals surface area (Å²) in [5.74, 6) is 0.982. The average Bonchev–Trinajstić information content (AvgIpc) is 2.75. The number of hydrogen-bond donors (Lipinski definition) is 1. The molecular formula is C14H27N3. The average molecular weight is 237 g/mol. The Balaban J connectivity index is 2.83. The maximum absolute atomic E-state index is 5.89. The molecule has 3 nitrogen and oxygen atoms in total. The Morgan fingerprint density at radius 2 is 2.06 bits per heavy atom. The van der Waals surface area contributed by atoms with E-state index < -0.39 is 0 Å². The van der Waals surface area contributed by atoms with E-state index in [9.17, 15) is 0 Å². The monoisotopic (exact) mass is 237 g/mol. The van der Waals surface area contributed by atoms with Crippen molar-refractivity contribution < 1.29 is 0 Å². The van der Waals surface area contributed by atoms with Crippen LogP contribution in [0.5, 0.6) is 0 Å². The van der Waals surface area contributed by atoms with E-state index in [2.05, 4.69) is 37.2 Å². The second-order valence-electron chi connectivity index (χ2n) is 5.30. The third-order valence-corrected chi connectivity index (χ3v) is 3.58. The lowest BCUT2D eigenvalue weighted by Gasteiger charge is -2.24. The number of imidazole rings is 1. The second kappa shape index (κ2) is 6.80. The molecule has 0 saturated heterocycles. The van der Waals surface area contributed by atoms with Crippen LogP contribution in [0.2, 0.25) is 0 Å². The summed E-state index contributed by atoms with van der Waals surface area (Å²) in [7, 11) is 0. The molecule has 0 aliphatic rings. The predicted molar refractivity (Wildman–Crippen MR) is 73.1 cm³/mol. The minimum absolute atomic E-state index is 0.418. The predicted octanol–water partition coefficient (Wildman–Crippen LogP) is 3.33. The van der Waals surface area contributed by atoms with Gasteiger partial charge in [0.15, 0.2) is 0 Å². The van der Waals surface area contributed by atoms with Crippen LogP contribution in [-0.4, -0.2) is 16.1 Å². The van der Waals surface area contributed by atoms with Gasteiger partial charge in [-0.2, -0.15) is 0 Å². The van der Waals surface area contributed by atoms with Crippen molar-refractivity contribution in [2.75, 3.05) is 6.54 Å². The summed E-state index contributed by atoms with van der Waals surface area (Å²) >= 11 is 0. The number of hydrogen-bond acceptors (Lipinski definition) is 2. The van der Waals surface area contributed by atoms with Gasteiger partial charge in [-0.3, -0.25) is 0 Å². The molecule has 1 aromatic rings. The first-order valence-electron chi connectivity index (χ1n) is 6.83. The lowest BCUT2D eigenvalue weighted by Crippen LogP contribution is -2.22. The Hall–Kier alpha value is -0.830. The number of rotatable bonds is 7. The molecule has 17 heavy (non-hydrogen) atoms. The molecule has 0 radical (unpaired) electrons. The van der Waals surface area contributed by atoms with Crippen molar-refractivity contribution in [1.29, 1.82) is 0 Å². The minimum Gasteiger partial charge on any atom is -0.331 e. The summed E-state index contributed by atoms with van der Waals surface area (Å²) in [5, 5.41) is 0. The van der Waals surface area contributed by atoms with Gasteiger partial charge in [0.25, 0.3) is 0 Å². The molecule has 0 aliphatic carbocycles. The molecule has 98 valence electrons. The van der Waals surface area contributed by atoms with Gasteiger partial charge in [-0.05, 0) is 19.3 Å². The van der Waals surface area contributed by atoms with E-state index in [-0.39, 0.29) is 0 Å². The van der Waals surface area contributed by atoms with Crippen LogP contribution in [0.3, 0.4) is 0 Å². The van der Waals surface area contributed by atoms with Gasteiger partial charge in [-0.15, -0.1) is 0 Å². The zero-order chi connectivity index (χ0) is 12.8. The Morgan fingerprint density at radius 1 is 1.35 bits per heavy atom. The molecule has 3 heteroatoms. The molecule has 0 amide bonds. The summed E-state index contributed by atoms with van der Waals surface area (Å²) in [6, 6.07) is 0.528. The third-order valence-electron chi connectivity index (χ3n) is 3.58. The van der Waals surface area contributed by atoms with Crippen LogP contribution in [0.25, 0.3) is 0 Å². The molecule has 1 rings (SSSR count). The molecule has 2 atom stereocenters. The molecule has 1 aromatic heterocycles. The molecule has 0 spiro atoms. The maximum atomic E-state index is 5.89.